The van der Waals surface area contributed by atoms with Crippen molar-refractivity contribution in [2.45, 2.75) is 39.5 Å². The molecular weight excluding hydrogens is 523 g/mol. The summed E-state index contributed by atoms with van der Waals surface area (Å²) >= 11 is 0. The molecule has 28 heavy (non-hydrogen) atoms. The van der Waals surface area contributed by atoms with Crippen molar-refractivity contribution < 1.29 is 20.1 Å². The van der Waals surface area contributed by atoms with Gasteiger partial charge >= 0.3 is 7.55 Å². The molecule has 2 radical (unpaired) electrons. The molecule has 0 fully saturated rings. The Morgan fingerprint density at radius 2 is 1.11 bits per heavy atom. The summed E-state index contributed by atoms with van der Waals surface area (Å²) in [5.41, 5.74) is 4.71. The number of aromatic nitrogens is 2. The van der Waals surface area contributed by atoms with Crippen molar-refractivity contribution in [3.63, 3.8) is 0 Å². The number of fused-ring (bicyclic) bond motifs is 1. The van der Waals surface area contributed by atoms with E-state index in [-0.39, 0.29) is 20.1 Å². The minimum atomic E-state index is 0. The maximum absolute atomic E-state index is 4.69. The molecule has 0 saturated carbocycles. The van der Waals surface area contributed by atoms with Crippen LogP contribution in [0.3, 0.4) is 0 Å². The standard InChI is InChI=1S/C22H24BN4.Ir/c1-15(2)17-9-11-21(24-13-17)26-19-7-5-6-8-20(19)27(23-26)22-12-10-18(14-25-22)16(3)4;/h5-16H,1-4H3;. The fourth-order valence-corrected chi connectivity index (χ4v) is 3.24. The average molecular weight is 547 g/mol. The number of rotatable bonds is 4. The number of nitrogens with zero attached hydrogens (tertiary/aromatic N) is 4. The fourth-order valence-electron chi connectivity index (χ4n) is 3.24. The molecule has 6 heteroatoms. The van der Waals surface area contributed by atoms with Crippen LogP contribution in [-0.4, -0.2) is 17.5 Å². The first-order chi connectivity index (χ1) is 13.0. The molecule has 4 rings (SSSR count). The molecule has 3 heterocycles. The maximum Gasteiger partial charge on any atom is 0.403 e. The molecule has 4 nitrogen and oxygen atoms in total. The first kappa shape index (κ1) is 20.6. The van der Waals surface area contributed by atoms with Gasteiger partial charge < -0.3 is 9.62 Å². The minimum Gasteiger partial charge on any atom is -0.351 e. The van der Waals surface area contributed by atoms with Crippen LogP contribution in [-0.2, 0) is 20.1 Å². The van der Waals surface area contributed by atoms with Gasteiger partial charge in [0.05, 0.1) is 11.4 Å². The van der Waals surface area contributed by atoms with Crippen LogP contribution in [0.4, 0.5) is 23.0 Å². The van der Waals surface area contributed by atoms with Crippen molar-refractivity contribution in [3.05, 3.63) is 72.1 Å². The van der Waals surface area contributed by atoms with E-state index in [0.29, 0.717) is 11.8 Å². The second-order valence-electron chi connectivity index (χ2n) is 7.55. The first-order valence-electron chi connectivity index (χ1n) is 9.49. The van der Waals surface area contributed by atoms with Crippen molar-refractivity contribution in [3.8, 4) is 0 Å². The fraction of sp³-hybridized carbons (Fsp3) is 0.273. The summed E-state index contributed by atoms with van der Waals surface area (Å²) in [6, 6.07) is 16.8. The molecule has 0 spiro atoms. The Bertz CT molecular complexity index is 850. The Hall–Kier alpha value is -2.17. The van der Waals surface area contributed by atoms with Gasteiger partial charge in [0.1, 0.15) is 11.6 Å². The second-order valence-corrected chi connectivity index (χ2v) is 7.55. The van der Waals surface area contributed by atoms with Crippen molar-refractivity contribution in [1.82, 2.24) is 9.97 Å². The topological polar surface area (TPSA) is 32.3 Å². The van der Waals surface area contributed by atoms with Gasteiger partial charge in [0.15, 0.2) is 0 Å². The third-order valence-corrected chi connectivity index (χ3v) is 5.00. The molecular formula is C22H24BIrN4. The van der Waals surface area contributed by atoms with Gasteiger partial charge in [0.25, 0.3) is 0 Å². The van der Waals surface area contributed by atoms with E-state index in [0.717, 1.165) is 23.0 Å². The summed E-state index contributed by atoms with van der Waals surface area (Å²) in [7, 11) is 2.07. The minimum absolute atomic E-state index is 0. The molecule has 0 aliphatic carbocycles. The largest absolute Gasteiger partial charge is 0.403 e. The van der Waals surface area contributed by atoms with Gasteiger partial charge in [-0.15, -0.1) is 0 Å². The molecule has 0 saturated heterocycles. The van der Waals surface area contributed by atoms with E-state index in [1.165, 1.54) is 11.1 Å². The second kappa shape index (κ2) is 8.46. The van der Waals surface area contributed by atoms with Gasteiger partial charge in [0, 0.05) is 32.5 Å². The summed E-state index contributed by atoms with van der Waals surface area (Å²) in [4.78, 5) is 13.6. The SMILES string of the molecule is CC(C)c1ccc(N2[B]N(c3ccc(C(C)C)cn3)c3ccccc32)nc1.[Ir]. The van der Waals surface area contributed by atoms with Crippen molar-refractivity contribution in [2.75, 3.05) is 9.62 Å². The molecule has 1 aromatic carbocycles. The maximum atomic E-state index is 4.69. The summed E-state index contributed by atoms with van der Waals surface area (Å²) in [6.45, 7) is 8.73. The number of para-hydroxylation sites is 2. The summed E-state index contributed by atoms with van der Waals surface area (Å²) in [6.07, 6.45) is 3.93. The van der Waals surface area contributed by atoms with Crippen LogP contribution in [0.2, 0.25) is 0 Å². The van der Waals surface area contributed by atoms with E-state index in [4.69, 9.17) is 9.97 Å². The van der Waals surface area contributed by atoms with Crippen LogP contribution >= 0.6 is 0 Å². The van der Waals surface area contributed by atoms with E-state index in [1.54, 1.807) is 0 Å². The number of hydrogen-bond acceptors (Lipinski definition) is 4. The average Bonchev–Trinajstić information content (AvgIpc) is 3.08. The Morgan fingerprint density at radius 1 is 0.679 bits per heavy atom. The van der Waals surface area contributed by atoms with E-state index >= 15 is 0 Å². The Balaban J connectivity index is 0.00000225. The summed E-state index contributed by atoms with van der Waals surface area (Å²) in [5, 5.41) is 0. The number of pyridine rings is 2. The normalized spacial score (nSPS) is 12.8. The zero-order valence-corrected chi connectivity index (χ0v) is 19.0. The van der Waals surface area contributed by atoms with Gasteiger partial charge in [-0.1, -0.05) is 52.0 Å². The molecule has 0 atom stereocenters. The van der Waals surface area contributed by atoms with Crippen LogP contribution in [0.15, 0.2) is 60.9 Å². The van der Waals surface area contributed by atoms with Crippen LogP contribution in [0.1, 0.15) is 50.7 Å². The van der Waals surface area contributed by atoms with Gasteiger partial charge in [-0.3, -0.25) is 0 Å². The van der Waals surface area contributed by atoms with Gasteiger partial charge in [-0.05, 0) is 47.2 Å². The molecule has 0 unspecified atom stereocenters. The number of benzene rings is 1. The smallest absolute Gasteiger partial charge is 0.351 e. The summed E-state index contributed by atoms with van der Waals surface area (Å²) < 4.78 is 0. The molecule has 1 aliphatic heterocycles. The summed E-state index contributed by atoms with van der Waals surface area (Å²) in [5.74, 6) is 2.77. The molecule has 144 valence electrons. The third-order valence-electron chi connectivity index (χ3n) is 5.00. The van der Waals surface area contributed by atoms with Crippen molar-refractivity contribution in [2.24, 2.45) is 0 Å². The Labute approximate surface area is 181 Å². The first-order valence-corrected chi connectivity index (χ1v) is 9.49. The monoisotopic (exact) mass is 548 g/mol. The third kappa shape index (κ3) is 3.85. The molecule has 0 bridgehead atoms. The molecule has 0 N–H and O–H groups in total. The number of hydrogen-bond donors (Lipinski definition) is 0. The number of anilines is 4. The van der Waals surface area contributed by atoms with Gasteiger partial charge in [-0.2, -0.15) is 0 Å². The van der Waals surface area contributed by atoms with Crippen LogP contribution < -0.4 is 9.62 Å². The van der Waals surface area contributed by atoms with Crippen LogP contribution in [0, 0.1) is 0 Å². The molecule has 0 amide bonds. The Morgan fingerprint density at radius 3 is 1.43 bits per heavy atom. The van der Waals surface area contributed by atoms with Gasteiger partial charge in [-0.25, -0.2) is 9.97 Å². The molecule has 3 aromatic rings. The van der Waals surface area contributed by atoms with Crippen molar-refractivity contribution >= 4 is 30.6 Å². The van der Waals surface area contributed by atoms with E-state index in [2.05, 4.69) is 93.4 Å². The van der Waals surface area contributed by atoms with E-state index < -0.39 is 0 Å². The van der Waals surface area contributed by atoms with Crippen LogP contribution in [0.25, 0.3) is 0 Å². The predicted molar refractivity (Wildman–Crippen MR) is 113 cm³/mol. The molecule has 1 aliphatic rings. The zero-order chi connectivity index (χ0) is 19.0. The van der Waals surface area contributed by atoms with E-state index in [1.807, 2.05) is 12.4 Å². The van der Waals surface area contributed by atoms with Gasteiger partial charge in [0.2, 0.25) is 0 Å². The zero-order valence-electron chi connectivity index (χ0n) is 16.6. The quantitative estimate of drug-likeness (QED) is 0.402. The van der Waals surface area contributed by atoms with E-state index in [9.17, 15) is 0 Å². The molecule has 2 aromatic heterocycles. The van der Waals surface area contributed by atoms with Crippen molar-refractivity contribution in [1.29, 1.82) is 0 Å². The predicted octanol–water partition coefficient (Wildman–Crippen LogP) is 5.54. The van der Waals surface area contributed by atoms with Crippen LogP contribution in [0.5, 0.6) is 0 Å². The Kier molecular flexibility index (Phi) is 6.21.